The zero-order chi connectivity index (χ0) is 14.7. The van der Waals surface area contributed by atoms with Crippen molar-refractivity contribution >= 4 is 17.7 Å². The van der Waals surface area contributed by atoms with E-state index in [4.69, 9.17) is 5.73 Å². The van der Waals surface area contributed by atoms with Gasteiger partial charge in [-0.1, -0.05) is 48.5 Å². The number of carbonyl (C=O) groups excluding carboxylic acids is 1. The second-order valence-corrected chi connectivity index (χ2v) is 6.24. The Balaban J connectivity index is 1.79. The number of rotatable bonds is 2. The molecule has 1 heterocycles. The van der Waals surface area contributed by atoms with Crippen LogP contribution in [0.15, 0.2) is 59.5 Å². The van der Waals surface area contributed by atoms with Crippen LogP contribution in [0.3, 0.4) is 0 Å². The van der Waals surface area contributed by atoms with Crippen molar-refractivity contribution in [2.75, 3.05) is 12.3 Å². The molecule has 0 aliphatic carbocycles. The van der Waals surface area contributed by atoms with Crippen LogP contribution in [0.4, 0.5) is 0 Å². The van der Waals surface area contributed by atoms with E-state index in [2.05, 4.69) is 12.1 Å². The molecule has 1 aliphatic rings. The Hall–Kier alpha value is -1.78. The number of amides is 1. The lowest BCUT2D eigenvalue weighted by Crippen LogP contribution is -2.38. The van der Waals surface area contributed by atoms with Gasteiger partial charge in [0.2, 0.25) is 5.91 Å². The molecule has 108 valence electrons. The van der Waals surface area contributed by atoms with Crippen molar-refractivity contribution < 1.29 is 4.79 Å². The van der Waals surface area contributed by atoms with Crippen molar-refractivity contribution in [2.45, 2.75) is 17.5 Å². The van der Waals surface area contributed by atoms with E-state index >= 15 is 0 Å². The lowest BCUT2D eigenvalue weighted by Gasteiger charge is -2.24. The summed E-state index contributed by atoms with van der Waals surface area (Å²) in [5.41, 5.74) is 8.21. The molecule has 0 spiro atoms. The number of hydrogen-bond donors (Lipinski definition) is 1. The van der Waals surface area contributed by atoms with Crippen LogP contribution in [0.2, 0.25) is 0 Å². The van der Waals surface area contributed by atoms with E-state index in [9.17, 15) is 4.79 Å². The van der Waals surface area contributed by atoms with E-state index in [1.165, 1.54) is 10.5 Å². The van der Waals surface area contributed by atoms with Crippen molar-refractivity contribution in [3.63, 3.8) is 0 Å². The molecule has 0 fully saturated rings. The molecular weight excluding hydrogens is 280 g/mol. The molecule has 3 rings (SSSR count). The fourth-order valence-corrected chi connectivity index (χ4v) is 3.54. The van der Waals surface area contributed by atoms with Crippen LogP contribution in [0, 0.1) is 0 Å². The van der Waals surface area contributed by atoms with Crippen LogP contribution in [-0.4, -0.2) is 23.1 Å². The summed E-state index contributed by atoms with van der Waals surface area (Å²) < 4.78 is 0. The lowest BCUT2D eigenvalue weighted by atomic mass is 10.1. The Kier molecular flexibility index (Phi) is 4.27. The predicted molar refractivity (Wildman–Crippen MR) is 86.0 cm³/mol. The molecule has 1 aliphatic heterocycles. The summed E-state index contributed by atoms with van der Waals surface area (Å²) in [6, 6.07) is 17.2. The molecule has 3 nitrogen and oxygen atoms in total. The lowest BCUT2D eigenvalue weighted by molar-refractivity contribution is -0.133. The molecule has 1 amide bonds. The van der Waals surface area contributed by atoms with Gasteiger partial charge in [0.25, 0.3) is 0 Å². The summed E-state index contributed by atoms with van der Waals surface area (Å²) in [5.74, 6) is 0.906. The number of nitrogens with two attached hydrogens (primary N) is 1. The van der Waals surface area contributed by atoms with E-state index in [0.29, 0.717) is 6.54 Å². The topological polar surface area (TPSA) is 46.3 Å². The van der Waals surface area contributed by atoms with Gasteiger partial charge in [0, 0.05) is 23.7 Å². The Bertz CT molecular complexity index is 630. The largest absolute Gasteiger partial charge is 0.336 e. The molecule has 0 aromatic heterocycles. The van der Waals surface area contributed by atoms with Gasteiger partial charge in [-0.2, -0.15) is 0 Å². The molecule has 2 aromatic rings. The average molecular weight is 298 g/mol. The average Bonchev–Trinajstić information content (AvgIpc) is 2.76. The van der Waals surface area contributed by atoms with Crippen molar-refractivity contribution in [3.05, 3.63) is 65.7 Å². The van der Waals surface area contributed by atoms with Gasteiger partial charge in [-0.15, -0.1) is 11.8 Å². The molecule has 0 saturated carbocycles. The van der Waals surface area contributed by atoms with Crippen molar-refractivity contribution in [3.8, 4) is 0 Å². The number of benzene rings is 2. The third-order valence-corrected chi connectivity index (χ3v) is 4.78. The van der Waals surface area contributed by atoms with Gasteiger partial charge >= 0.3 is 0 Å². The molecule has 21 heavy (non-hydrogen) atoms. The summed E-state index contributed by atoms with van der Waals surface area (Å²) in [4.78, 5) is 15.8. The van der Waals surface area contributed by atoms with Crippen LogP contribution in [0.25, 0.3) is 0 Å². The van der Waals surface area contributed by atoms with Gasteiger partial charge < -0.3 is 10.6 Å². The smallest absolute Gasteiger partial charge is 0.244 e. The predicted octanol–water partition coefficient (Wildman–Crippen LogP) is 2.82. The van der Waals surface area contributed by atoms with Gasteiger partial charge in [-0.05, 0) is 17.2 Å². The molecular formula is C17H18N2OS. The minimum absolute atomic E-state index is 0.00139. The van der Waals surface area contributed by atoms with Gasteiger partial charge in [-0.3, -0.25) is 4.79 Å². The minimum atomic E-state index is -0.582. The molecule has 0 radical (unpaired) electrons. The summed E-state index contributed by atoms with van der Waals surface area (Å²) in [5, 5.41) is 0. The first kappa shape index (κ1) is 14.2. The second-order valence-electron chi connectivity index (χ2n) is 5.10. The summed E-state index contributed by atoms with van der Waals surface area (Å²) in [7, 11) is 0. The SMILES string of the molecule is N[C@@H](C(=O)N1CCSc2ccccc2C1)c1ccccc1. The van der Waals surface area contributed by atoms with Gasteiger partial charge in [0.1, 0.15) is 6.04 Å². The van der Waals surface area contributed by atoms with Crippen LogP contribution < -0.4 is 5.73 Å². The number of hydrogen-bond acceptors (Lipinski definition) is 3. The standard InChI is InChI=1S/C17H18N2OS/c18-16(13-6-2-1-3-7-13)17(20)19-10-11-21-15-9-5-4-8-14(15)12-19/h1-9,16H,10-12,18H2/t16-/m1/s1. The van der Waals surface area contributed by atoms with E-state index in [1.54, 1.807) is 11.8 Å². The first-order valence-corrected chi connectivity index (χ1v) is 8.04. The van der Waals surface area contributed by atoms with Crippen LogP contribution >= 0.6 is 11.8 Å². The zero-order valence-corrected chi connectivity index (χ0v) is 12.6. The van der Waals surface area contributed by atoms with Crippen molar-refractivity contribution in [2.24, 2.45) is 5.73 Å². The van der Waals surface area contributed by atoms with Crippen LogP contribution in [0.5, 0.6) is 0 Å². The van der Waals surface area contributed by atoms with Crippen LogP contribution in [-0.2, 0) is 11.3 Å². The Labute approximate surface area is 129 Å². The van der Waals surface area contributed by atoms with Crippen molar-refractivity contribution in [1.82, 2.24) is 4.90 Å². The van der Waals surface area contributed by atoms with Gasteiger partial charge in [0.05, 0.1) is 0 Å². The molecule has 4 heteroatoms. The normalized spacial score (nSPS) is 16.0. The summed E-state index contributed by atoms with van der Waals surface area (Å²) in [6.45, 7) is 1.38. The van der Waals surface area contributed by atoms with Gasteiger partial charge in [0.15, 0.2) is 0 Å². The fourth-order valence-electron chi connectivity index (χ4n) is 2.51. The summed E-state index contributed by atoms with van der Waals surface area (Å²) >= 11 is 1.80. The highest BCUT2D eigenvalue weighted by molar-refractivity contribution is 7.99. The zero-order valence-electron chi connectivity index (χ0n) is 11.7. The van der Waals surface area contributed by atoms with Gasteiger partial charge in [-0.25, -0.2) is 0 Å². The van der Waals surface area contributed by atoms with E-state index in [0.717, 1.165) is 17.9 Å². The highest BCUT2D eigenvalue weighted by atomic mass is 32.2. The maximum Gasteiger partial charge on any atom is 0.244 e. The highest BCUT2D eigenvalue weighted by Crippen LogP contribution is 2.28. The fraction of sp³-hybridized carbons (Fsp3) is 0.235. The number of fused-ring (bicyclic) bond motifs is 1. The molecule has 0 bridgehead atoms. The highest BCUT2D eigenvalue weighted by Gasteiger charge is 2.24. The first-order valence-electron chi connectivity index (χ1n) is 7.06. The Morgan fingerprint density at radius 3 is 2.62 bits per heavy atom. The van der Waals surface area contributed by atoms with E-state index in [1.807, 2.05) is 47.4 Å². The molecule has 0 saturated heterocycles. The monoisotopic (exact) mass is 298 g/mol. The molecule has 0 unspecified atom stereocenters. The van der Waals surface area contributed by atoms with Crippen LogP contribution in [0.1, 0.15) is 17.2 Å². The molecule has 2 aromatic carbocycles. The number of carbonyl (C=O) groups is 1. The summed E-state index contributed by atoms with van der Waals surface area (Å²) in [6.07, 6.45) is 0. The molecule has 1 atom stereocenters. The third-order valence-electron chi connectivity index (χ3n) is 3.69. The Morgan fingerprint density at radius 1 is 1.10 bits per heavy atom. The second kappa shape index (κ2) is 6.33. The first-order chi connectivity index (χ1) is 10.3. The Morgan fingerprint density at radius 2 is 1.81 bits per heavy atom. The maximum atomic E-state index is 12.7. The van der Waals surface area contributed by atoms with Crippen molar-refractivity contribution in [1.29, 1.82) is 0 Å². The maximum absolute atomic E-state index is 12.7. The number of thioether (sulfide) groups is 1. The quantitative estimate of drug-likeness (QED) is 0.927. The van der Waals surface area contributed by atoms with E-state index < -0.39 is 6.04 Å². The molecule has 2 N–H and O–H groups in total. The number of nitrogens with zero attached hydrogens (tertiary/aromatic N) is 1. The van der Waals surface area contributed by atoms with E-state index in [-0.39, 0.29) is 5.91 Å². The minimum Gasteiger partial charge on any atom is -0.336 e. The third kappa shape index (κ3) is 3.12.